The molecule has 86 valence electrons. The molecular weight excluding hydrogens is 289 g/mol. The Kier molecular flexibility index (Phi) is 4.25. The van der Waals surface area contributed by atoms with Crippen molar-refractivity contribution in [3.05, 3.63) is 34.1 Å². The van der Waals surface area contributed by atoms with E-state index in [2.05, 4.69) is 15.9 Å². The van der Waals surface area contributed by atoms with Gasteiger partial charge in [-0.05, 0) is 31.8 Å². The Bertz CT molecular complexity index is 425. The van der Waals surface area contributed by atoms with Crippen LogP contribution in [0.5, 0.6) is 0 Å². The first-order valence-electron chi connectivity index (χ1n) is 4.86. The lowest BCUT2D eigenvalue weighted by Gasteiger charge is -2.22. The molecule has 0 saturated carbocycles. The van der Waals surface area contributed by atoms with Crippen molar-refractivity contribution in [2.45, 2.75) is 25.7 Å². The SMILES string of the molecule is C[Si](C)(C)OC(C#N)c1ccc(Br)cc1F. The van der Waals surface area contributed by atoms with Crippen LogP contribution in [-0.2, 0) is 4.43 Å². The van der Waals surface area contributed by atoms with Crippen LogP contribution in [0.15, 0.2) is 22.7 Å². The zero-order valence-electron chi connectivity index (χ0n) is 9.42. The summed E-state index contributed by atoms with van der Waals surface area (Å²) < 4.78 is 19.9. The lowest BCUT2D eigenvalue weighted by molar-refractivity contribution is 0.249. The second kappa shape index (κ2) is 5.08. The third-order valence-electron chi connectivity index (χ3n) is 1.83. The average molecular weight is 302 g/mol. The zero-order chi connectivity index (χ0) is 12.3. The minimum Gasteiger partial charge on any atom is -0.399 e. The molecule has 0 radical (unpaired) electrons. The molecule has 1 aromatic rings. The summed E-state index contributed by atoms with van der Waals surface area (Å²) in [5.74, 6) is -0.417. The van der Waals surface area contributed by atoms with Crippen molar-refractivity contribution in [2.24, 2.45) is 0 Å². The summed E-state index contributed by atoms with van der Waals surface area (Å²) in [6.45, 7) is 5.90. The van der Waals surface area contributed by atoms with Crippen LogP contribution in [0.4, 0.5) is 4.39 Å². The maximum Gasteiger partial charge on any atom is 0.186 e. The van der Waals surface area contributed by atoms with E-state index in [1.807, 2.05) is 25.7 Å². The Hall–Kier alpha value is -0.703. The van der Waals surface area contributed by atoms with E-state index in [4.69, 9.17) is 9.69 Å². The summed E-state index contributed by atoms with van der Waals surface area (Å²) in [7, 11) is -1.86. The molecule has 16 heavy (non-hydrogen) atoms. The molecule has 0 aliphatic heterocycles. The number of hydrogen-bond acceptors (Lipinski definition) is 2. The summed E-state index contributed by atoms with van der Waals surface area (Å²) in [6.07, 6.45) is -0.820. The minimum absolute atomic E-state index is 0.299. The molecule has 0 aliphatic carbocycles. The molecule has 0 amide bonds. The molecule has 0 N–H and O–H groups in total. The quantitative estimate of drug-likeness (QED) is 0.791. The third-order valence-corrected chi connectivity index (χ3v) is 3.27. The van der Waals surface area contributed by atoms with Crippen molar-refractivity contribution in [3.8, 4) is 6.07 Å². The van der Waals surface area contributed by atoms with Crippen molar-refractivity contribution in [1.82, 2.24) is 0 Å². The van der Waals surface area contributed by atoms with Crippen LogP contribution in [-0.4, -0.2) is 8.32 Å². The van der Waals surface area contributed by atoms with E-state index >= 15 is 0 Å². The molecule has 1 aromatic carbocycles. The molecule has 1 atom stereocenters. The topological polar surface area (TPSA) is 33.0 Å². The van der Waals surface area contributed by atoms with Crippen LogP contribution in [0.2, 0.25) is 19.6 Å². The van der Waals surface area contributed by atoms with E-state index in [1.165, 1.54) is 6.07 Å². The lowest BCUT2D eigenvalue weighted by atomic mass is 10.1. The van der Waals surface area contributed by atoms with Crippen molar-refractivity contribution in [2.75, 3.05) is 0 Å². The van der Waals surface area contributed by atoms with E-state index in [9.17, 15) is 4.39 Å². The standard InChI is InChI=1S/C11H13BrFNOSi/c1-16(2,3)15-11(7-14)9-5-4-8(12)6-10(9)13/h4-6,11H,1-3H3. The van der Waals surface area contributed by atoms with Crippen LogP contribution in [0.1, 0.15) is 11.7 Å². The Morgan fingerprint density at radius 2 is 2.06 bits per heavy atom. The van der Waals surface area contributed by atoms with E-state index in [-0.39, 0.29) is 0 Å². The molecule has 1 rings (SSSR count). The Morgan fingerprint density at radius 1 is 1.44 bits per heavy atom. The molecular formula is C11H13BrFNOSi. The Morgan fingerprint density at radius 3 is 2.50 bits per heavy atom. The van der Waals surface area contributed by atoms with Gasteiger partial charge < -0.3 is 4.43 Å². The Balaban J connectivity index is 3.01. The summed E-state index contributed by atoms with van der Waals surface area (Å²) in [5.41, 5.74) is 0.299. The minimum atomic E-state index is -1.86. The molecule has 0 fully saturated rings. The molecule has 0 aliphatic rings. The van der Waals surface area contributed by atoms with E-state index in [1.54, 1.807) is 12.1 Å². The average Bonchev–Trinajstić information content (AvgIpc) is 2.13. The Labute approximate surface area is 104 Å². The van der Waals surface area contributed by atoms with Gasteiger partial charge in [-0.2, -0.15) is 5.26 Å². The normalized spacial score (nSPS) is 13.2. The summed E-state index contributed by atoms with van der Waals surface area (Å²) in [5, 5.41) is 9.01. The van der Waals surface area contributed by atoms with Gasteiger partial charge in [-0.3, -0.25) is 0 Å². The van der Waals surface area contributed by atoms with Crippen molar-refractivity contribution < 1.29 is 8.82 Å². The van der Waals surface area contributed by atoms with Gasteiger partial charge in [0.2, 0.25) is 0 Å². The van der Waals surface area contributed by atoms with Gasteiger partial charge in [-0.1, -0.05) is 22.0 Å². The first-order chi connectivity index (χ1) is 7.33. The first kappa shape index (κ1) is 13.4. The van der Waals surface area contributed by atoms with E-state index in [0.29, 0.717) is 10.0 Å². The lowest BCUT2D eigenvalue weighted by Crippen LogP contribution is -2.27. The zero-order valence-corrected chi connectivity index (χ0v) is 12.0. The number of halogens is 2. The molecule has 0 heterocycles. The van der Waals surface area contributed by atoms with Crippen molar-refractivity contribution >= 4 is 24.2 Å². The summed E-state index contributed by atoms with van der Waals surface area (Å²) in [4.78, 5) is 0. The van der Waals surface area contributed by atoms with Gasteiger partial charge in [-0.15, -0.1) is 0 Å². The molecule has 0 spiro atoms. The highest BCUT2D eigenvalue weighted by Gasteiger charge is 2.24. The monoisotopic (exact) mass is 301 g/mol. The summed E-state index contributed by atoms with van der Waals surface area (Å²) in [6, 6.07) is 6.61. The predicted molar refractivity (Wildman–Crippen MR) is 66.9 cm³/mol. The number of benzene rings is 1. The second-order valence-electron chi connectivity index (χ2n) is 4.41. The summed E-state index contributed by atoms with van der Waals surface area (Å²) >= 11 is 3.17. The number of nitriles is 1. The number of nitrogens with zero attached hydrogens (tertiary/aromatic N) is 1. The predicted octanol–water partition coefficient (Wildman–Crippen LogP) is 4.00. The van der Waals surface area contributed by atoms with Crippen LogP contribution < -0.4 is 0 Å². The highest BCUT2D eigenvalue weighted by atomic mass is 79.9. The molecule has 2 nitrogen and oxygen atoms in total. The van der Waals surface area contributed by atoms with Crippen molar-refractivity contribution in [1.29, 1.82) is 5.26 Å². The smallest absolute Gasteiger partial charge is 0.186 e. The van der Waals surface area contributed by atoms with E-state index < -0.39 is 20.2 Å². The fourth-order valence-electron chi connectivity index (χ4n) is 1.23. The molecule has 1 unspecified atom stereocenters. The number of hydrogen-bond donors (Lipinski definition) is 0. The van der Waals surface area contributed by atoms with Gasteiger partial charge in [0.05, 0.1) is 6.07 Å². The maximum absolute atomic E-state index is 13.6. The van der Waals surface area contributed by atoms with Gasteiger partial charge in [0.1, 0.15) is 5.82 Å². The van der Waals surface area contributed by atoms with Crippen LogP contribution in [0.25, 0.3) is 0 Å². The van der Waals surface area contributed by atoms with Crippen LogP contribution in [0.3, 0.4) is 0 Å². The molecule has 5 heteroatoms. The van der Waals surface area contributed by atoms with Crippen molar-refractivity contribution in [3.63, 3.8) is 0 Å². The molecule has 0 aromatic heterocycles. The maximum atomic E-state index is 13.6. The van der Waals surface area contributed by atoms with Crippen LogP contribution in [0, 0.1) is 17.1 Å². The number of rotatable bonds is 3. The fourth-order valence-corrected chi connectivity index (χ4v) is 2.45. The fraction of sp³-hybridized carbons (Fsp3) is 0.364. The third kappa shape index (κ3) is 3.70. The van der Waals surface area contributed by atoms with Gasteiger partial charge in [0, 0.05) is 10.0 Å². The highest BCUT2D eigenvalue weighted by molar-refractivity contribution is 9.10. The second-order valence-corrected chi connectivity index (χ2v) is 9.78. The van der Waals surface area contributed by atoms with Gasteiger partial charge >= 0.3 is 0 Å². The highest BCUT2D eigenvalue weighted by Crippen LogP contribution is 2.26. The van der Waals surface area contributed by atoms with E-state index in [0.717, 1.165) is 0 Å². The van der Waals surface area contributed by atoms with Crippen LogP contribution >= 0.6 is 15.9 Å². The molecule has 0 saturated heterocycles. The van der Waals surface area contributed by atoms with Gasteiger partial charge in [0.15, 0.2) is 14.4 Å². The first-order valence-corrected chi connectivity index (χ1v) is 9.06. The van der Waals surface area contributed by atoms with Gasteiger partial charge in [0.25, 0.3) is 0 Å². The van der Waals surface area contributed by atoms with Gasteiger partial charge in [-0.25, -0.2) is 4.39 Å². The largest absolute Gasteiger partial charge is 0.399 e. The molecule has 0 bridgehead atoms.